The monoisotopic (exact) mass is 312 g/mol. The van der Waals surface area contributed by atoms with Crippen LogP contribution in [-0.4, -0.2) is 0 Å². The first-order valence-electron chi connectivity index (χ1n) is 5.22. The summed E-state index contributed by atoms with van der Waals surface area (Å²) in [5.74, 6) is -0.273. The third kappa shape index (κ3) is 2.38. The Hall–Kier alpha value is -0.860. The summed E-state index contributed by atoms with van der Waals surface area (Å²) < 4.78 is 14.1. The molecule has 3 heteroatoms. The largest absolute Gasteiger partial charge is 0.206 e. The second-order valence-electron chi connectivity index (χ2n) is 4.01. The number of aryl methyl sites for hydroxylation is 2. The van der Waals surface area contributed by atoms with Crippen molar-refractivity contribution in [2.75, 3.05) is 0 Å². The second-order valence-corrected chi connectivity index (χ2v) is 5.27. The first kappa shape index (κ1) is 12.6. The number of hydrogen-bond acceptors (Lipinski definition) is 0. The van der Waals surface area contributed by atoms with Gasteiger partial charge in [-0.3, -0.25) is 0 Å². The van der Waals surface area contributed by atoms with Crippen LogP contribution >= 0.6 is 27.5 Å². The third-order valence-electron chi connectivity index (χ3n) is 2.76. The Morgan fingerprint density at radius 1 is 1.12 bits per heavy atom. The highest BCUT2D eigenvalue weighted by Crippen LogP contribution is 2.35. The number of rotatable bonds is 1. The zero-order valence-corrected chi connectivity index (χ0v) is 11.9. The molecule has 0 saturated heterocycles. The summed E-state index contributed by atoms with van der Waals surface area (Å²) in [5.41, 5.74) is 3.78. The zero-order chi connectivity index (χ0) is 12.6. The van der Waals surface area contributed by atoms with Crippen molar-refractivity contribution in [1.29, 1.82) is 0 Å². The van der Waals surface area contributed by atoms with E-state index in [1.807, 2.05) is 32.0 Å². The smallest absolute Gasteiger partial charge is 0.138 e. The molecule has 0 aliphatic carbocycles. The first-order chi connectivity index (χ1) is 8.00. The highest BCUT2D eigenvalue weighted by molar-refractivity contribution is 9.10. The van der Waals surface area contributed by atoms with E-state index in [2.05, 4.69) is 15.9 Å². The highest BCUT2D eigenvalue weighted by atomic mass is 79.9. The van der Waals surface area contributed by atoms with Crippen LogP contribution < -0.4 is 0 Å². The van der Waals surface area contributed by atoms with Crippen molar-refractivity contribution in [3.05, 3.63) is 56.8 Å². The van der Waals surface area contributed by atoms with Crippen molar-refractivity contribution in [3.63, 3.8) is 0 Å². The van der Waals surface area contributed by atoms with Gasteiger partial charge in [0.15, 0.2) is 0 Å². The van der Waals surface area contributed by atoms with Crippen LogP contribution in [0.3, 0.4) is 0 Å². The van der Waals surface area contributed by atoms with Crippen molar-refractivity contribution in [3.8, 4) is 11.1 Å². The van der Waals surface area contributed by atoms with E-state index in [1.54, 1.807) is 6.07 Å². The summed E-state index contributed by atoms with van der Waals surface area (Å²) >= 11 is 9.38. The van der Waals surface area contributed by atoms with Gasteiger partial charge in [0.2, 0.25) is 0 Å². The lowest BCUT2D eigenvalue weighted by atomic mass is 9.96. The van der Waals surface area contributed by atoms with Crippen LogP contribution in [0.15, 0.2) is 34.8 Å². The van der Waals surface area contributed by atoms with Gasteiger partial charge in [-0.15, -0.1) is 0 Å². The molecule has 0 fully saturated rings. The number of benzene rings is 2. The average molecular weight is 314 g/mol. The molecule has 2 aromatic carbocycles. The van der Waals surface area contributed by atoms with Crippen molar-refractivity contribution in [1.82, 2.24) is 0 Å². The molecule has 0 N–H and O–H groups in total. The molecule has 0 bridgehead atoms. The van der Waals surface area contributed by atoms with Crippen molar-refractivity contribution in [2.24, 2.45) is 0 Å². The Kier molecular flexibility index (Phi) is 3.55. The molecule has 88 valence electrons. The highest BCUT2D eigenvalue weighted by Gasteiger charge is 2.12. The molecule has 2 rings (SSSR count). The van der Waals surface area contributed by atoms with Gasteiger partial charge in [0, 0.05) is 10.6 Å². The molecule has 0 amide bonds. The van der Waals surface area contributed by atoms with E-state index in [4.69, 9.17) is 11.6 Å². The molecule has 0 aliphatic heterocycles. The van der Waals surface area contributed by atoms with E-state index in [0.29, 0.717) is 9.50 Å². The third-order valence-corrected chi connectivity index (χ3v) is 3.68. The summed E-state index contributed by atoms with van der Waals surface area (Å²) in [7, 11) is 0. The maximum absolute atomic E-state index is 13.6. The fourth-order valence-corrected chi connectivity index (χ4v) is 2.67. The predicted octanol–water partition coefficient (Wildman–Crippen LogP) is 5.53. The zero-order valence-electron chi connectivity index (χ0n) is 9.52. The van der Waals surface area contributed by atoms with Crippen LogP contribution in [0.25, 0.3) is 11.1 Å². The molecule has 0 aromatic heterocycles. The molecule has 0 saturated carbocycles. The fourth-order valence-electron chi connectivity index (χ4n) is 1.89. The van der Waals surface area contributed by atoms with Gasteiger partial charge in [-0.05, 0) is 64.7 Å². The SMILES string of the molecule is Cc1cc(Br)c(F)cc1-c1c(C)cccc1Cl. The fraction of sp³-hybridized carbons (Fsp3) is 0.143. The molecule has 0 spiro atoms. The van der Waals surface area contributed by atoms with Gasteiger partial charge in [-0.2, -0.15) is 0 Å². The van der Waals surface area contributed by atoms with Crippen LogP contribution in [-0.2, 0) is 0 Å². The van der Waals surface area contributed by atoms with Gasteiger partial charge < -0.3 is 0 Å². The minimum absolute atomic E-state index is 0.273. The number of halogens is 3. The van der Waals surface area contributed by atoms with Crippen molar-refractivity contribution in [2.45, 2.75) is 13.8 Å². The summed E-state index contributed by atoms with van der Waals surface area (Å²) in [6.07, 6.45) is 0. The molecule has 0 unspecified atom stereocenters. The Morgan fingerprint density at radius 3 is 2.47 bits per heavy atom. The molecule has 0 nitrogen and oxygen atoms in total. The minimum Gasteiger partial charge on any atom is -0.206 e. The number of hydrogen-bond donors (Lipinski definition) is 0. The molecular weight excluding hydrogens is 303 g/mol. The molecule has 0 atom stereocenters. The van der Waals surface area contributed by atoms with Gasteiger partial charge >= 0.3 is 0 Å². The first-order valence-corrected chi connectivity index (χ1v) is 6.39. The van der Waals surface area contributed by atoms with Gasteiger partial charge in [0.05, 0.1) is 4.47 Å². The van der Waals surface area contributed by atoms with Crippen LogP contribution in [0.2, 0.25) is 5.02 Å². The van der Waals surface area contributed by atoms with Crippen molar-refractivity contribution >= 4 is 27.5 Å². The van der Waals surface area contributed by atoms with Gasteiger partial charge in [-0.1, -0.05) is 23.7 Å². The lowest BCUT2D eigenvalue weighted by molar-refractivity contribution is 0.621. The maximum Gasteiger partial charge on any atom is 0.138 e. The lowest BCUT2D eigenvalue weighted by Gasteiger charge is -2.12. The standard InChI is InChI=1S/C14H11BrClF/c1-8-4-3-5-12(16)14(8)10-7-13(17)11(15)6-9(10)2/h3-7H,1-2H3. The Labute approximate surface area is 114 Å². The average Bonchev–Trinajstić information content (AvgIpc) is 2.25. The van der Waals surface area contributed by atoms with Gasteiger partial charge in [-0.25, -0.2) is 4.39 Å². The summed E-state index contributed by atoms with van der Waals surface area (Å²) in [6, 6.07) is 8.98. The van der Waals surface area contributed by atoms with Crippen LogP contribution in [0.5, 0.6) is 0 Å². The van der Waals surface area contributed by atoms with Crippen molar-refractivity contribution < 1.29 is 4.39 Å². The quantitative estimate of drug-likeness (QED) is 0.650. The minimum atomic E-state index is -0.273. The Bertz CT molecular complexity index is 558. The Morgan fingerprint density at radius 2 is 1.82 bits per heavy atom. The van der Waals surface area contributed by atoms with E-state index < -0.39 is 0 Å². The van der Waals surface area contributed by atoms with Gasteiger partial charge in [0.1, 0.15) is 5.82 Å². The topological polar surface area (TPSA) is 0 Å². The van der Waals surface area contributed by atoms with E-state index in [9.17, 15) is 4.39 Å². The normalized spacial score (nSPS) is 10.6. The van der Waals surface area contributed by atoms with Crippen LogP contribution in [0.1, 0.15) is 11.1 Å². The molecule has 0 heterocycles. The van der Waals surface area contributed by atoms with Crippen LogP contribution in [0, 0.1) is 19.7 Å². The maximum atomic E-state index is 13.6. The van der Waals surface area contributed by atoms with E-state index in [0.717, 1.165) is 22.3 Å². The Balaban J connectivity index is 2.73. The lowest BCUT2D eigenvalue weighted by Crippen LogP contribution is -1.91. The molecular formula is C14H11BrClF. The predicted molar refractivity (Wildman–Crippen MR) is 74.0 cm³/mol. The molecule has 2 aromatic rings. The summed E-state index contributed by atoms with van der Waals surface area (Å²) in [5, 5.41) is 0.648. The summed E-state index contributed by atoms with van der Waals surface area (Å²) in [6.45, 7) is 3.92. The molecule has 0 radical (unpaired) electrons. The molecule has 17 heavy (non-hydrogen) atoms. The second kappa shape index (κ2) is 4.79. The van der Waals surface area contributed by atoms with E-state index >= 15 is 0 Å². The van der Waals surface area contributed by atoms with Gasteiger partial charge in [0.25, 0.3) is 0 Å². The van der Waals surface area contributed by atoms with E-state index in [1.165, 1.54) is 6.07 Å². The summed E-state index contributed by atoms with van der Waals surface area (Å²) in [4.78, 5) is 0. The van der Waals surface area contributed by atoms with Crippen LogP contribution in [0.4, 0.5) is 4.39 Å². The van der Waals surface area contributed by atoms with E-state index in [-0.39, 0.29) is 5.82 Å². The molecule has 0 aliphatic rings.